The zero-order chi connectivity index (χ0) is 10.4. The third-order valence-corrected chi connectivity index (χ3v) is 2.37. The van der Waals surface area contributed by atoms with E-state index in [0.717, 1.165) is 25.8 Å². The van der Waals surface area contributed by atoms with Crippen molar-refractivity contribution in [2.75, 3.05) is 13.2 Å². The van der Waals surface area contributed by atoms with Crippen LogP contribution in [-0.2, 0) is 14.3 Å². The highest BCUT2D eigenvalue weighted by molar-refractivity contribution is 5.83. The van der Waals surface area contributed by atoms with E-state index in [9.17, 15) is 9.59 Å². The summed E-state index contributed by atoms with van der Waals surface area (Å²) in [6.45, 7) is 2.89. The van der Waals surface area contributed by atoms with E-state index in [-0.39, 0.29) is 24.2 Å². The van der Waals surface area contributed by atoms with E-state index < -0.39 is 0 Å². The molecule has 1 aliphatic rings. The molecule has 1 saturated heterocycles. The van der Waals surface area contributed by atoms with Gasteiger partial charge in [-0.2, -0.15) is 0 Å². The van der Waals surface area contributed by atoms with Gasteiger partial charge in [0, 0.05) is 12.5 Å². The molecule has 4 heteroatoms. The van der Waals surface area contributed by atoms with Crippen LogP contribution >= 0.6 is 0 Å². The summed E-state index contributed by atoms with van der Waals surface area (Å²) in [5, 5.41) is 2.80. The second-order valence-electron chi connectivity index (χ2n) is 3.49. The first-order chi connectivity index (χ1) is 6.74. The molecule has 1 amide bonds. The molecule has 0 aromatic heterocycles. The van der Waals surface area contributed by atoms with E-state index in [1.807, 2.05) is 0 Å². The number of ether oxygens (including phenoxy) is 1. The SMILES string of the molecule is CCOC(=O)C[C@@H]1CCCCNC1=O. The molecule has 1 fully saturated rings. The first-order valence-electron chi connectivity index (χ1n) is 5.17. The van der Waals surface area contributed by atoms with Crippen molar-refractivity contribution < 1.29 is 14.3 Å². The molecule has 1 rings (SSSR count). The molecule has 14 heavy (non-hydrogen) atoms. The monoisotopic (exact) mass is 199 g/mol. The largest absolute Gasteiger partial charge is 0.466 e. The van der Waals surface area contributed by atoms with Crippen molar-refractivity contribution in [3.05, 3.63) is 0 Å². The Bertz CT molecular complexity index is 215. The number of carbonyl (C=O) groups excluding carboxylic acids is 2. The zero-order valence-corrected chi connectivity index (χ0v) is 8.54. The number of hydrogen-bond acceptors (Lipinski definition) is 3. The first kappa shape index (κ1) is 11.0. The minimum Gasteiger partial charge on any atom is -0.466 e. The molecule has 1 N–H and O–H groups in total. The second kappa shape index (κ2) is 5.62. The summed E-state index contributed by atoms with van der Waals surface area (Å²) in [5.74, 6) is -0.457. The molecule has 0 radical (unpaired) electrons. The Balaban J connectivity index is 2.40. The van der Waals surface area contributed by atoms with Crippen LogP contribution in [0.25, 0.3) is 0 Å². The van der Waals surface area contributed by atoms with Gasteiger partial charge in [-0.1, -0.05) is 6.42 Å². The van der Waals surface area contributed by atoms with Crippen molar-refractivity contribution in [3.63, 3.8) is 0 Å². The average molecular weight is 199 g/mol. The van der Waals surface area contributed by atoms with Gasteiger partial charge >= 0.3 is 5.97 Å². The molecular weight excluding hydrogens is 182 g/mol. The number of rotatable bonds is 3. The van der Waals surface area contributed by atoms with Crippen LogP contribution < -0.4 is 5.32 Å². The van der Waals surface area contributed by atoms with Gasteiger partial charge in [-0.05, 0) is 19.8 Å². The van der Waals surface area contributed by atoms with E-state index in [0.29, 0.717) is 6.61 Å². The predicted molar refractivity (Wildman–Crippen MR) is 51.6 cm³/mol. The highest BCUT2D eigenvalue weighted by atomic mass is 16.5. The number of nitrogens with one attached hydrogen (secondary N) is 1. The summed E-state index contributed by atoms with van der Waals surface area (Å²) in [6.07, 6.45) is 3.03. The number of hydrogen-bond donors (Lipinski definition) is 1. The summed E-state index contributed by atoms with van der Waals surface area (Å²) in [6, 6.07) is 0. The normalized spacial score (nSPS) is 22.4. The lowest BCUT2D eigenvalue weighted by atomic mass is 9.99. The summed E-state index contributed by atoms with van der Waals surface area (Å²) in [5.41, 5.74) is 0. The first-order valence-corrected chi connectivity index (χ1v) is 5.17. The maximum absolute atomic E-state index is 11.4. The number of esters is 1. The maximum atomic E-state index is 11.4. The molecule has 0 aromatic rings. The fraction of sp³-hybridized carbons (Fsp3) is 0.800. The van der Waals surface area contributed by atoms with Gasteiger partial charge in [0.05, 0.1) is 13.0 Å². The van der Waals surface area contributed by atoms with Crippen LogP contribution in [0.3, 0.4) is 0 Å². The summed E-state index contributed by atoms with van der Waals surface area (Å²) in [4.78, 5) is 22.6. The molecule has 0 bridgehead atoms. The fourth-order valence-electron chi connectivity index (χ4n) is 1.62. The van der Waals surface area contributed by atoms with E-state index in [2.05, 4.69) is 5.32 Å². The maximum Gasteiger partial charge on any atom is 0.306 e. The van der Waals surface area contributed by atoms with Crippen LogP contribution in [0.1, 0.15) is 32.6 Å². The molecule has 1 atom stereocenters. The van der Waals surface area contributed by atoms with Crippen molar-refractivity contribution in [2.45, 2.75) is 32.6 Å². The van der Waals surface area contributed by atoms with E-state index in [1.165, 1.54) is 0 Å². The van der Waals surface area contributed by atoms with E-state index >= 15 is 0 Å². The third kappa shape index (κ3) is 3.36. The highest BCUT2D eigenvalue weighted by Gasteiger charge is 2.23. The van der Waals surface area contributed by atoms with E-state index in [1.54, 1.807) is 6.92 Å². The molecule has 80 valence electrons. The fourth-order valence-corrected chi connectivity index (χ4v) is 1.62. The summed E-state index contributed by atoms with van der Waals surface area (Å²) >= 11 is 0. The molecule has 0 aliphatic carbocycles. The lowest BCUT2D eigenvalue weighted by Gasteiger charge is -2.11. The van der Waals surface area contributed by atoms with Gasteiger partial charge in [-0.25, -0.2) is 0 Å². The van der Waals surface area contributed by atoms with Crippen LogP contribution in [0.15, 0.2) is 0 Å². The van der Waals surface area contributed by atoms with E-state index in [4.69, 9.17) is 4.74 Å². The molecule has 0 unspecified atom stereocenters. The molecule has 0 spiro atoms. The van der Waals surface area contributed by atoms with Gasteiger partial charge in [0.2, 0.25) is 5.91 Å². The molecule has 0 saturated carbocycles. The van der Waals surface area contributed by atoms with Gasteiger partial charge in [0.15, 0.2) is 0 Å². The zero-order valence-electron chi connectivity index (χ0n) is 8.54. The topological polar surface area (TPSA) is 55.4 Å². The lowest BCUT2D eigenvalue weighted by Crippen LogP contribution is -2.30. The van der Waals surface area contributed by atoms with Crippen LogP contribution in [0, 0.1) is 5.92 Å². The van der Waals surface area contributed by atoms with Gasteiger partial charge in [0.25, 0.3) is 0 Å². The Labute approximate surface area is 84.0 Å². The smallest absolute Gasteiger partial charge is 0.306 e. The van der Waals surface area contributed by atoms with Gasteiger partial charge in [-0.15, -0.1) is 0 Å². The van der Waals surface area contributed by atoms with Crippen molar-refractivity contribution in [2.24, 2.45) is 5.92 Å². The van der Waals surface area contributed by atoms with Crippen molar-refractivity contribution >= 4 is 11.9 Å². The van der Waals surface area contributed by atoms with Crippen LogP contribution in [0.4, 0.5) is 0 Å². The van der Waals surface area contributed by atoms with Crippen LogP contribution in [0.5, 0.6) is 0 Å². The minimum absolute atomic E-state index is 0.00412. The van der Waals surface area contributed by atoms with Crippen molar-refractivity contribution in [1.29, 1.82) is 0 Å². The Morgan fingerprint density at radius 1 is 1.57 bits per heavy atom. The highest BCUT2D eigenvalue weighted by Crippen LogP contribution is 2.16. The lowest BCUT2D eigenvalue weighted by molar-refractivity contribution is -0.146. The molecular formula is C10H17NO3. The Kier molecular flexibility index (Phi) is 4.43. The van der Waals surface area contributed by atoms with Crippen molar-refractivity contribution in [1.82, 2.24) is 5.32 Å². The predicted octanol–water partition coefficient (Wildman–Crippen LogP) is 0.856. The van der Waals surface area contributed by atoms with Crippen molar-refractivity contribution in [3.8, 4) is 0 Å². The average Bonchev–Trinajstić information content (AvgIpc) is 2.33. The quantitative estimate of drug-likeness (QED) is 0.686. The molecule has 0 aromatic carbocycles. The number of carbonyl (C=O) groups is 2. The van der Waals surface area contributed by atoms with Gasteiger partial charge in [-0.3, -0.25) is 9.59 Å². The minimum atomic E-state index is -0.269. The Hall–Kier alpha value is -1.06. The Morgan fingerprint density at radius 3 is 3.07 bits per heavy atom. The van der Waals surface area contributed by atoms with Gasteiger partial charge < -0.3 is 10.1 Å². The third-order valence-electron chi connectivity index (χ3n) is 2.37. The second-order valence-corrected chi connectivity index (χ2v) is 3.49. The van der Waals surface area contributed by atoms with Gasteiger partial charge in [0.1, 0.15) is 0 Å². The standard InChI is InChI=1S/C10H17NO3/c1-2-14-9(12)7-8-5-3-4-6-11-10(8)13/h8H,2-7H2,1H3,(H,11,13)/t8-/m0/s1. The molecule has 4 nitrogen and oxygen atoms in total. The number of amides is 1. The molecule has 1 heterocycles. The van der Waals surface area contributed by atoms with Crippen LogP contribution in [0.2, 0.25) is 0 Å². The summed E-state index contributed by atoms with van der Waals surface area (Å²) in [7, 11) is 0. The van der Waals surface area contributed by atoms with Crippen LogP contribution in [-0.4, -0.2) is 25.0 Å². The summed E-state index contributed by atoms with van der Waals surface area (Å²) < 4.78 is 4.81. The molecule has 1 aliphatic heterocycles. The Morgan fingerprint density at radius 2 is 2.36 bits per heavy atom.